The smallest absolute Gasteiger partial charge is 0.222 e. The predicted octanol–water partition coefficient (Wildman–Crippen LogP) is 2.67. The molecule has 1 heterocycles. The second-order valence-corrected chi connectivity index (χ2v) is 4.30. The number of nitrogens with one attached hydrogen (secondary N) is 1. The maximum atomic E-state index is 9.94. The van der Waals surface area contributed by atoms with Crippen molar-refractivity contribution in [2.24, 2.45) is 0 Å². The maximum absolute atomic E-state index is 9.94. The van der Waals surface area contributed by atoms with Crippen LogP contribution in [-0.2, 0) is 0 Å². The Kier molecular flexibility index (Phi) is 4.50. The van der Waals surface area contributed by atoms with E-state index in [1.807, 2.05) is 30.3 Å². The third-order valence-corrected chi connectivity index (χ3v) is 2.70. The van der Waals surface area contributed by atoms with E-state index in [9.17, 15) is 5.11 Å². The number of aromatic nitrogens is 2. The van der Waals surface area contributed by atoms with Gasteiger partial charge < -0.3 is 10.4 Å². The highest BCUT2D eigenvalue weighted by Gasteiger charge is 2.06. The van der Waals surface area contributed by atoms with E-state index in [-0.39, 0.29) is 0 Å². The monoisotopic (exact) mass is 263 g/mol. The molecule has 0 saturated carbocycles. The number of benzene rings is 1. The van der Waals surface area contributed by atoms with Crippen molar-refractivity contribution in [3.63, 3.8) is 0 Å². The fraction of sp³-hybridized carbons (Fsp3) is 0.231. The molecule has 0 bridgehead atoms. The summed E-state index contributed by atoms with van der Waals surface area (Å²) < 4.78 is 0. The molecule has 0 aliphatic rings. The zero-order valence-electron chi connectivity index (χ0n) is 9.75. The molecule has 0 saturated heterocycles. The molecule has 2 aromatic rings. The molecule has 0 aliphatic heterocycles. The molecule has 5 heteroatoms. The number of aliphatic hydroxyl groups excluding tert-OH is 1. The van der Waals surface area contributed by atoms with Crippen LogP contribution in [0.15, 0.2) is 42.7 Å². The zero-order valence-corrected chi connectivity index (χ0v) is 10.5. The van der Waals surface area contributed by atoms with E-state index in [1.165, 1.54) is 12.4 Å². The van der Waals surface area contributed by atoms with Crippen LogP contribution in [0.25, 0.3) is 0 Å². The molecule has 94 valence electrons. The fourth-order valence-electron chi connectivity index (χ4n) is 1.57. The first-order chi connectivity index (χ1) is 8.75. The first kappa shape index (κ1) is 12.8. The summed E-state index contributed by atoms with van der Waals surface area (Å²) >= 11 is 5.68. The highest BCUT2D eigenvalue weighted by Crippen LogP contribution is 2.15. The van der Waals surface area contributed by atoms with Gasteiger partial charge in [0.1, 0.15) is 0 Å². The summed E-state index contributed by atoms with van der Waals surface area (Å²) in [5.74, 6) is 0.514. The lowest BCUT2D eigenvalue weighted by Gasteiger charge is -2.11. The largest absolute Gasteiger partial charge is 0.388 e. The number of anilines is 1. The van der Waals surface area contributed by atoms with Gasteiger partial charge in [0.05, 0.1) is 23.5 Å². The number of aliphatic hydroxyl groups is 1. The molecule has 2 N–H and O–H groups in total. The molecule has 2 rings (SSSR count). The Morgan fingerprint density at radius 3 is 2.50 bits per heavy atom. The second-order valence-electron chi connectivity index (χ2n) is 3.87. The van der Waals surface area contributed by atoms with Crippen LogP contribution in [-0.4, -0.2) is 21.6 Å². The van der Waals surface area contributed by atoms with Gasteiger partial charge in [-0.15, -0.1) is 0 Å². The Hall–Kier alpha value is -1.65. The predicted molar refractivity (Wildman–Crippen MR) is 71.6 cm³/mol. The minimum Gasteiger partial charge on any atom is -0.388 e. The second kappa shape index (κ2) is 6.33. The molecule has 0 spiro atoms. The number of hydrogen-bond donors (Lipinski definition) is 2. The molecule has 0 radical (unpaired) electrons. The van der Waals surface area contributed by atoms with E-state index in [1.54, 1.807) is 0 Å². The van der Waals surface area contributed by atoms with E-state index >= 15 is 0 Å². The topological polar surface area (TPSA) is 58.0 Å². The molecule has 0 aliphatic carbocycles. The average molecular weight is 264 g/mol. The Balaban J connectivity index is 1.80. The highest BCUT2D eigenvalue weighted by molar-refractivity contribution is 6.30. The van der Waals surface area contributed by atoms with Crippen molar-refractivity contribution in [2.45, 2.75) is 12.5 Å². The number of rotatable bonds is 5. The van der Waals surface area contributed by atoms with Crippen molar-refractivity contribution in [1.82, 2.24) is 9.97 Å². The molecular weight excluding hydrogens is 250 g/mol. The Morgan fingerprint density at radius 1 is 1.17 bits per heavy atom. The quantitative estimate of drug-likeness (QED) is 0.871. The van der Waals surface area contributed by atoms with Crippen molar-refractivity contribution in [1.29, 1.82) is 0 Å². The van der Waals surface area contributed by atoms with E-state index in [0.29, 0.717) is 23.9 Å². The molecule has 1 unspecified atom stereocenters. The standard InChI is InChI=1S/C13H14ClN3O/c14-11-8-16-13(17-9-11)15-7-6-12(18)10-4-2-1-3-5-10/h1-5,8-9,12,18H,6-7H2,(H,15,16,17). The number of halogens is 1. The Morgan fingerprint density at radius 2 is 1.83 bits per heavy atom. The van der Waals surface area contributed by atoms with Gasteiger partial charge in [-0.2, -0.15) is 0 Å². The summed E-state index contributed by atoms with van der Waals surface area (Å²) in [6, 6.07) is 9.56. The first-order valence-corrected chi connectivity index (χ1v) is 6.08. The van der Waals surface area contributed by atoms with Crippen LogP contribution in [0, 0.1) is 0 Å². The summed E-state index contributed by atoms with van der Waals surface area (Å²) in [5, 5.41) is 13.5. The molecule has 1 atom stereocenters. The van der Waals surface area contributed by atoms with Gasteiger partial charge >= 0.3 is 0 Å². The Labute approximate surface area is 111 Å². The SMILES string of the molecule is OC(CCNc1ncc(Cl)cn1)c1ccccc1. The van der Waals surface area contributed by atoms with Gasteiger partial charge in [-0.3, -0.25) is 0 Å². The molecule has 1 aromatic carbocycles. The highest BCUT2D eigenvalue weighted by atomic mass is 35.5. The number of nitrogens with zero attached hydrogens (tertiary/aromatic N) is 2. The molecular formula is C13H14ClN3O. The summed E-state index contributed by atoms with van der Waals surface area (Å²) in [7, 11) is 0. The minimum absolute atomic E-state index is 0.481. The van der Waals surface area contributed by atoms with Gasteiger partial charge in [-0.25, -0.2) is 9.97 Å². The summed E-state index contributed by atoms with van der Waals surface area (Å²) in [4.78, 5) is 8.02. The van der Waals surface area contributed by atoms with Crippen molar-refractivity contribution in [2.75, 3.05) is 11.9 Å². The van der Waals surface area contributed by atoms with Gasteiger partial charge in [-0.1, -0.05) is 41.9 Å². The minimum atomic E-state index is -0.481. The average Bonchev–Trinajstić information content (AvgIpc) is 2.42. The van der Waals surface area contributed by atoms with Gasteiger partial charge in [0, 0.05) is 6.54 Å². The van der Waals surface area contributed by atoms with Crippen molar-refractivity contribution in [3.05, 3.63) is 53.3 Å². The third kappa shape index (κ3) is 3.68. The van der Waals surface area contributed by atoms with Crippen molar-refractivity contribution in [3.8, 4) is 0 Å². The van der Waals surface area contributed by atoms with Gasteiger partial charge in [0.15, 0.2) is 0 Å². The summed E-state index contributed by atoms with van der Waals surface area (Å²) in [5.41, 5.74) is 0.913. The van der Waals surface area contributed by atoms with E-state index in [0.717, 1.165) is 5.56 Å². The molecule has 0 amide bonds. The van der Waals surface area contributed by atoms with Crippen LogP contribution in [0.1, 0.15) is 18.1 Å². The maximum Gasteiger partial charge on any atom is 0.222 e. The Bertz CT molecular complexity index is 475. The van der Waals surface area contributed by atoms with Crippen molar-refractivity contribution < 1.29 is 5.11 Å². The third-order valence-electron chi connectivity index (χ3n) is 2.51. The lowest BCUT2D eigenvalue weighted by Crippen LogP contribution is -2.09. The normalized spacial score (nSPS) is 12.1. The van der Waals surface area contributed by atoms with E-state index in [4.69, 9.17) is 11.6 Å². The van der Waals surface area contributed by atoms with Crippen LogP contribution >= 0.6 is 11.6 Å². The fourth-order valence-corrected chi connectivity index (χ4v) is 1.66. The lowest BCUT2D eigenvalue weighted by molar-refractivity contribution is 0.171. The first-order valence-electron chi connectivity index (χ1n) is 5.70. The molecule has 4 nitrogen and oxygen atoms in total. The molecule has 1 aromatic heterocycles. The zero-order chi connectivity index (χ0) is 12.8. The van der Waals surface area contributed by atoms with Gasteiger partial charge in [0.25, 0.3) is 0 Å². The van der Waals surface area contributed by atoms with Crippen LogP contribution in [0.4, 0.5) is 5.95 Å². The lowest BCUT2D eigenvalue weighted by atomic mass is 10.1. The molecule has 0 fully saturated rings. The van der Waals surface area contributed by atoms with E-state index < -0.39 is 6.10 Å². The number of hydrogen-bond acceptors (Lipinski definition) is 4. The van der Waals surface area contributed by atoms with E-state index in [2.05, 4.69) is 15.3 Å². The van der Waals surface area contributed by atoms with Crippen LogP contribution in [0.5, 0.6) is 0 Å². The summed E-state index contributed by atoms with van der Waals surface area (Å²) in [6.45, 7) is 0.595. The van der Waals surface area contributed by atoms with Gasteiger partial charge in [0.2, 0.25) is 5.95 Å². The summed E-state index contributed by atoms with van der Waals surface area (Å²) in [6.07, 6.45) is 3.18. The van der Waals surface area contributed by atoms with Crippen LogP contribution in [0.3, 0.4) is 0 Å². The van der Waals surface area contributed by atoms with Crippen LogP contribution in [0.2, 0.25) is 5.02 Å². The molecule has 18 heavy (non-hydrogen) atoms. The van der Waals surface area contributed by atoms with Crippen molar-refractivity contribution >= 4 is 17.5 Å². The van der Waals surface area contributed by atoms with Crippen LogP contribution < -0.4 is 5.32 Å². The van der Waals surface area contributed by atoms with Gasteiger partial charge in [-0.05, 0) is 12.0 Å².